The Hall–Kier alpha value is -3.82. The molecule has 5 rings (SSSR count). The molecule has 204 valence electrons. The number of ether oxygens (including phenoxy) is 2. The second kappa shape index (κ2) is 11.9. The first kappa shape index (κ1) is 26.8. The molecule has 4 aromatic rings. The molecule has 0 spiro atoms. The molecule has 0 radical (unpaired) electrons. The maximum atomic E-state index is 13.7. The number of carbonyl (C=O) groups excluding carboxylic acids is 1. The minimum absolute atomic E-state index is 0.188. The molecule has 9 heteroatoms. The molecule has 0 amide bonds. The molecule has 1 aliphatic rings. The van der Waals surface area contributed by atoms with Gasteiger partial charge >= 0.3 is 0 Å². The van der Waals surface area contributed by atoms with E-state index in [-0.39, 0.29) is 17.6 Å². The number of benzene rings is 1. The summed E-state index contributed by atoms with van der Waals surface area (Å²) in [6.45, 7) is 5.28. The predicted molar refractivity (Wildman–Crippen MR) is 149 cm³/mol. The second-order valence-electron chi connectivity index (χ2n) is 10.2. The number of pyridine rings is 1. The summed E-state index contributed by atoms with van der Waals surface area (Å²) in [6, 6.07) is 14.0. The van der Waals surface area contributed by atoms with Crippen LogP contribution in [0.1, 0.15) is 29.2 Å². The lowest BCUT2D eigenvalue weighted by Gasteiger charge is -2.19. The molecular formula is C30H36N6O3. The van der Waals surface area contributed by atoms with Crippen molar-refractivity contribution in [2.75, 3.05) is 40.5 Å². The van der Waals surface area contributed by atoms with Gasteiger partial charge in [-0.05, 0) is 42.2 Å². The van der Waals surface area contributed by atoms with Crippen molar-refractivity contribution in [2.24, 2.45) is 13.0 Å². The molecule has 9 nitrogen and oxygen atoms in total. The Morgan fingerprint density at radius 2 is 1.95 bits per heavy atom. The van der Waals surface area contributed by atoms with Crippen LogP contribution in [-0.4, -0.2) is 75.7 Å². The van der Waals surface area contributed by atoms with Crippen molar-refractivity contribution in [3.63, 3.8) is 0 Å². The lowest BCUT2D eigenvalue weighted by molar-refractivity contribution is -0.119. The Labute approximate surface area is 229 Å². The van der Waals surface area contributed by atoms with Crippen LogP contribution in [0.5, 0.6) is 5.88 Å². The zero-order valence-corrected chi connectivity index (χ0v) is 23.1. The molecule has 1 aromatic carbocycles. The molecule has 4 heterocycles. The minimum Gasteiger partial charge on any atom is -0.481 e. The summed E-state index contributed by atoms with van der Waals surface area (Å²) in [5.74, 6) is 1.21. The third kappa shape index (κ3) is 5.94. The Kier molecular flexibility index (Phi) is 8.18. The van der Waals surface area contributed by atoms with Gasteiger partial charge in [-0.2, -0.15) is 10.2 Å². The molecule has 1 saturated heterocycles. The first-order valence-corrected chi connectivity index (χ1v) is 13.3. The molecule has 1 aliphatic heterocycles. The fourth-order valence-electron chi connectivity index (χ4n) is 5.61. The van der Waals surface area contributed by atoms with Crippen LogP contribution in [0.15, 0.2) is 61.1 Å². The van der Waals surface area contributed by atoms with Gasteiger partial charge in [-0.1, -0.05) is 18.2 Å². The van der Waals surface area contributed by atoms with Gasteiger partial charge in [0.1, 0.15) is 5.78 Å². The van der Waals surface area contributed by atoms with Crippen LogP contribution in [0.4, 0.5) is 0 Å². The number of aryl methyl sites for hydroxylation is 1. The average molecular weight is 529 g/mol. The molecule has 0 bridgehead atoms. The normalized spacial score (nSPS) is 17.5. The van der Waals surface area contributed by atoms with E-state index in [2.05, 4.69) is 15.0 Å². The highest BCUT2D eigenvalue weighted by Crippen LogP contribution is 2.36. The Morgan fingerprint density at radius 1 is 1.13 bits per heavy atom. The van der Waals surface area contributed by atoms with Gasteiger partial charge in [0.25, 0.3) is 0 Å². The molecule has 0 unspecified atom stereocenters. The number of likely N-dealkylation sites (tertiary alicyclic amines) is 1. The number of carbonyl (C=O) groups is 1. The van der Waals surface area contributed by atoms with Crippen LogP contribution in [0.3, 0.4) is 0 Å². The fraction of sp³-hybridized carbons (Fsp3) is 0.400. The van der Waals surface area contributed by atoms with Crippen molar-refractivity contribution in [1.82, 2.24) is 29.4 Å². The summed E-state index contributed by atoms with van der Waals surface area (Å²) in [5, 5.41) is 9.27. The molecule has 2 atom stereocenters. The third-order valence-corrected chi connectivity index (χ3v) is 7.60. The molecule has 0 aliphatic carbocycles. The van der Waals surface area contributed by atoms with E-state index in [9.17, 15) is 4.79 Å². The van der Waals surface area contributed by atoms with Crippen LogP contribution in [-0.2, 0) is 23.0 Å². The van der Waals surface area contributed by atoms with Gasteiger partial charge in [-0.3, -0.25) is 9.48 Å². The first-order valence-electron chi connectivity index (χ1n) is 13.3. The second-order valence-corrected chi connectivity index (χ2v) is 10.2. The number of hydrogen-bond donors (Lipinski definition) is 0. The smallest absolute Gasteiger partial charge is 0.213 e. The van der Waals surface area contributed by atoms with Crippen molar-refractivity contribution in [3.05, 3.63) is 77.9 Å². The number of nitrogens with zero attached hydrogens (tertiary/aromatic N) is 6. The molecule has 0 N–H and O–H groups in total. The average Bonchev–Trinajstić information content (AvgIpc) is 3.65. The van der Waals surface area contributed by atoms with Gasteiger partial charge in [0, 0.05) is 76.6 Å². The van der Waals surface area contributed by atoms with Crippen molar-refractivity contribution in [1.29, 1.82) is 0 Å². The summed E-state index contributed by atoms with van der Waals surface area (Å²) in [7, 11) is 5.24. The molecular weight excluding hydrogens is 492 g/mol. The SMILES string of the molecule is COCCN1C[C@@H](CC(=O)Cc2c(C)c(-c3cnn(C)c3)nn2-c2ccccc2)[C@H](c2ccnc(OC)c2)C1. The van der Waals surface area contributed by atoms with Gasteiger partial charge in [-0.15, -0.1) is 0 Å². The highest BCUT2D eigenvalue weighted by atomic mass is 16.5. The lowest BCUT2D eigenvalue weighted by Crippen LogP contribution is -2.25. The molecule has 0 saturated carbocycles. The zero-order chi connectivity index (χ0) is 27.4. The largest absolute Gasteiger partial charge is 0.481 e. The number of ketones is 1. The molecule has 1 fully saturated rings. The van der Waals surface area contributed by atoms with E-state index in [1.54, 1.807) is 25.1 Å². The number of methoxy groups -OCH3 is 2. The zero-order valence-electron chi connectivity index (χ0n) is 23.1. The van der Waals surface area contributed by atoms with Gasteiger partial charge < -0.3 is 14.4 Å². The van der Waals surface area contributed by atoms with Gasteiger partial charge in [-0.25, -0.2) is 9.67 Å². The summed E-state index contributed by atoms with van der Waals surface area (Å²) < 4.78 is 14.4. The number of Topliss-reactive ketones (excluding diaryl/α,β-unsaturated/α-hetero) is 1. The first-order chi connectivity index (χ1) is 19.0. The topological polar surface area (TPSA) is 87.3 Å². The van der Waals surface area contributed by atoms with Crippen molar-refractivity contribution in [3.8, 4) is 22.8 Å². The summed E-state index contributed by atoms with van der Waals surface area (Å²) in [4.78, 5) is 20.4. The quantitative estimate of drug-likeness (QED) is 0.292. The number of aromatic nitrogens is 5. The van der Waals surface area contributed by atoms with Crippen molar-refractivity contribution >= 4 is 5.78 Å². The number of rotatable bonds is 11. The van der Waals surface area contributed by atoms with E-state index in [1.165, 1.54) is 0 Å². The van der Waals surface area contributed by atoms with Crippen molar-refractivity contribution in [2.45, 2.75) is 25.7 Å². The highest BCUT2D eigenvalue weighted by molar-refractivity contribution is 5.82. The lowest BCUT2D eigenvalue weighted by atomic mass is 9.85. The standard InChI is InChI=1S/C30H36N6O3/c1-21-28(36(25-8-6-5-7-9-25)33-30(21)24-17-32-34(2)18-24)16-26(37)14-23-19-35(12-13-38-3)20-27(23)22-10-11-31-29(15-22)39-4/h5-11,15,17-18,23,27H,12-14,16,19-20H2,1-4H3/t23-,27+/m1/s1. The molecule has 3 aromatic heterocycles. The van der Waals surface area contributed by atoms with E-state index < -0.39 is 0 Å². The Balaban J connectivity index is 1.41. The number of hydrogen-bond acceptors (Lipinski definition) is 7. The van der Waals surface area contributed by atoms with E-state index in [0.717, 1.165) is 53.4 Å². The van der Waals surface area contributed by atoms with E-state index in [4.69, 9.17) is 14.6 Å². The third-order valence-electron chi connectivity index (χ3n) is 7.60. The highest BCUT2D eigenvalue weighted by Gasteiger charge is 2.35. The van der Waals surface area contributed by atoms with Gasteiger partial charge in [0.2, 0.25) is 5.88 Å². The van der Waals surface area contributed by atoms with Crippen LogP contribution in [0.2, 0.25) is 0 Å². The summed E-state index contributed by atoms with van der Waals surface area (Å²) >= 11 is 0. The number of para-hydroxylation sites is 1. The van der Waals surface area contributed by atoms with Crippen LogP contribution in [0.25, 0.3) is 16.9 Å². The van der Waals surface area contributed by atoms with E-state index >= 15 is 0 Å². The van der Waals surface area contributed by atoms with E-state index in [0.29, 0.717) is 25.3 Å². The van der Waals surface area contributed by atoms with Crippen LogP contribution in [0, 0.1) is 12.8 Å². The van der Waals surface area contributed by atoms with Gasteiger partial charge in [0.15, 0.2) is 0 Å². The molecule has 39 heavy (non-hydrogen) atoms. The van der Waals surface area contributed by atoms with Crippen molar-refractivity contribution < 1.29 is 14.3 Å². The monoisotopic (exact) mass is 528 g/mol. The predicted octanol–water partition coefficient (Wildman–Crippen LogP) is 3.85. The van der Waals surface area contributed by atoms with Crippen LogP contribution < -0.4 is 4.74 Å². The summed E-state index contributed by atoms with van der Waals surface area (Å²) in [6.07, 6.45) is 6.36. The maximum Gasteiger partial charge on any atom is 0.213 e. The fourth-order valence-corrected chi connectivity index (χ4v) is 5.61. The maximum absolute atomic E-state index is 13.7. The van der Waals surface area contributed by atoms with Gasteiger partial charge in [0.05, 0.1) is 37.0 Å². The Morgan fingerprint density at radius 3 is 2.67 bits per heavy atom. The Bertz CT molecular complexity index is 1410. The van der Waals surface area contributed by atoms with Crippen LogP contribution >= 0.6 is 0 Å². The van der Waals surface area contributed by atoms with E-state index in [1.807, 2.05) is 73.5 Å². The summed E-state index contributed by atoms with van der Waals surface area (Å²) in [5.41, 5.74) is 5.80. The minimum atomic E-state index is 0.188.